The summed E-state index contributed by atoms with van der Waals surface area (Å²) < 4.78 is 27.3. The molecule has 2 fully saturated rings. The summed E-state index contributed by atoms with van der Waals surface area (Å²) in [6, 6.07) is 6.25. The fourth-order valence-electron chi connectivity index (χ4n) is 4.03. The zero-order valence-corrected chi connectivity index (χ0v) is 18.0. The fraction of sp³-hybridized carbons (Fsp3) is 0.619. The summed E-state index contributed by atoms with van der Waals surface area (Å²) in [6.07, 6.45) is 6.51. The molecule has 1 aliphatic heterocycles. The van der Waals surface area contributed by atoms with E-state index in [0.29, 0.717) is 18.7 Å². The molecule has 2 atom stereocenters. The molecule has 1 saturated heterocycles. The van der Waals surface area contributed by atoms with Gasteiger partial charge in [0.25, 0.3) is 0 Å². The SMILES string of the molecule is CCC(C)NS(=O)(=O)c1ccc(NC(=O)C2CC(=O)N(C3CCCCC3)C2)cc1. The Bertz CT molecular complexity index is 832. The highest BCUT2D eigenvalue weighted by atomic mass is 32.2. The van der Waals surface area contributed by atoms with Gasteiger partial charge in [-0.1, -0.05) is 26.2 Å². The van der Waals surface area contributed by atoms with Gasteiger partial charge in [-0.25, -0.2) is 13.1 Å². The van der Waals surface area contributed by atoms with Crippen molar-refractivity contribution in [3.8, 4) is 0 Å². The van der Waals surface area contributed by atoms with Crippen molar-refractivity contribution in [1.29, 1.82) is 0 Å². The van der Waals surface area contributed by atoms with Crippen LogP contribution < -0.4 is 10.0 Å². The summed E-state index contributed by atoms with van der Waals surface area (Å²) in [7, 11) is -3.57. The first kappa shape index (κ1) is 21.8. The van der Waals surface area contributed by atoms with Crippen molar-refractivity contribution in [2.24, 2.45) is 5.92 Å². The van der Waals surface area contributed by atoms with Gasteiger partial charge in [0.05, 0.1) is 10.8 Å². The Labute approximate surface area is 173 Å². The first-order chi connectivity index (χ1) is 13.8. The minimum absolute atomic E-state index is 0.0645. The van der Waals surface area contributed by atoms with Gasteiger partial charge in [-0.05, 0) is 50.5 Å². The Morgan fingerprint density at radius 1 is 1.17 bits per heavy atom. The van der Waals surface area contributed by atoms with Crippen LogP contribution in [-0.4, -0.2) is 43.8 Å². The highest BCUT2D eigenvalue weighted by Gasteiger charge is 2.38. The number of likely N-dealkylation sites (tertiary alicyclic amines) is 1. The van der Waals surface area contributed by atoms with Gasteiger partial charge in [0, 0.05) is 30.7 Å². The van der Waals surface area contributed by atoms with Gasteiger partial charge in [-0.3, -0.25) is 9.59 Å². The maximum Gasteiger partial charge on any atom is 0.240 e. The second-order valence-corrected chi connectivity index (χ2v) is 9.90. The molecule has 2 amide bonds. The average Bonchev–Trinajstić information content (AvgIpc) is 3.10. The highest BCUT2D eigenvalue weighted by molar-refractivity contribution is 7.89. The monoisotopic (exact) mass is 421 g/mol. The molecule has 3 rings (SSSR count). The van der Waals surface area contributed by atoms with E-state index in [1.54, 1.807) is 12.1 Å². The zero-order chi connectivity index (χ0) is 21.0. The Balaban J connectivity index is 1.59. The molecule has 160 valence electrons. The van der Waals surface area contributed by atoms with Crippen LogP contribution in [0.4, 0.5) is 5.69 Å². The van der Waals surface area contributed by atoms with Crippen LogP contribution in [0.25, 0.3) is 0 Å². The Morgan fingerprint density at radius 2 is 1.83 bits per heavy atom. The van der Waals surface area contributed by atoms with Crippen LogP contribution in [0.2, 0.25) is 0 Å². The van der Waals surface area contributed by atoms with E-state index in [-0.39, 0.29) is 41.1 Å². The van der Waals surface area contributed by atoms with Gasteiger partial charge in [-0.15, -0.1) is 0 Å². The van der Waals surface area contributed by atoms with E-state index in [1.807, 2.05) is 18.7 Å². The molecule has 2 N–H and O–H groups in total. The molecule has 0 radical (unpaired) electrons. The minimum Gasteiger partial charge on any atom is -0.339 e. The van der Waals surface area contributed by atoms with E-state index < -0.39 is 10.0 Å². The molecule has 0 spiro atoms. The smallest absolute Gasteiger partial charge is 0.240 e. The summed E-state index contributed by atoms with van der Waals surface area (Å²) in [5.41, 5.74) is 0.529. The summed E-state index contributed by atoms with van der Waals surface area (Å²) >= 11 is 0. The maximum absolute atomic E-state index is 12.6. The molecule has 8 heteroatoms. The predicted molar refractivity (Wildman–Crippen MR) is 112 cm³/mol. The Kier molecular flexibility index (Phi) is 6.95. The number of anilines is 1. The lowest BCUT2D eigenvalue weighted by Gasteiger charge is -2.31. The number of sulfonamides is 1. The average molecular weight is 422 g/mol. The molecular formula is C21H31N3O4S. The van der Waals surface area contributed by atoms with Crippen molar-refractivity contribution in [2.45, 2.75) is 75.8 Å². The first-order valence-electron chi connectivity index (χ1n) is 10.5. The van der Waals surface area contributed by atoms with E-state index in [4.69, 9.17) is 0 Å². The lowest BCUT2D eigenvalue weighted by Crippen LogP contribution is -2.38. The van der Waals surface area contributed by atoms with Crippen LogP contribution >= 0.6 is 0 Å². The number of nitrogens with one attached hydrogen (secondary N) is 2. The fourth-order valence-corrected chi connectivity index (χ4v) is 5.36. The van der Waals surface area contributed by atoms with Crippen molar-refractivity contribution in [3.63, 3.8) is 0 Å². The normalized spacial score (nSPS) is 21.9. The Hall–Kier alpha value is -1.93. The van der Waals surface area contributed by atoms with Crippen LogP contribution in [0.5, 0.6) is 0 Å². The molecule has 0 aromatic heterocycles. The van der Waals surface area contributed by atoms with E-state index in [1.165, 1.54) is 18.6 Å². The quantitative estimate of drug-likeness (QED) is 0.708. The second kappa shape index (κ2) is 9.26. The van der Waals surface area contributed by atoms with Crippen molar-refractivity contribution >= 4 is 27.5 Å². The summed E-state index contributed by atoms with van der Waals surface area (Å²) in [5, 5.41) is 2.83. The highest BCUT2D eigenvalue weighted by Crippen LogP contribution is 2.29. The third kappa shape index (κ3) is 5.36. The molecule has 1 aromatic carbocycles. The number of hydrogen-bond acceptors (Lipinski definition) is 4. The van der Waals surface area contributed by atoms with Gasteiger partial charge in [-0.2, -0.15) is 0 Å². The van der Waals surface area contributed by atoms with Crippen LogP contribution in [0.15, 0.2) is 29.2 Å². The summed E-state index contributed by atoms with van der Waals surface area (Å²) in [5.74, 6) is -0.487. The van der Waals surface area contributed by atoms with Crippen molar-refractivity contribution in [3.05, 3.63) is 24.3 Å². The maximum atomic E-state index is 12.6. The number of amides is 2. The van der Waals surface area contributed by atoms with Gasteiger partial charge in [0.1, 0.15) is 0 Å². The molecule has 1 aliphatic carbocycles. The van der Waals surface area contributed by atoms with Crippen LogP contribution in [0.1, 0.15) is 58.8 Å². The zero-order valence-electron chi connectivity index (χ0n) is 17.2. The molecule has 7 nitrogen and oxygen atoms in total. The van der Waals surface area contributed by atoms with E-state index >= 15 is 0 Å². The molecular weight excluding hydrogens is 390 g/mol. The molecule has 1 aromatic rings. The van der Waals surface area contributed by atoms with Crippen molar-refractivity contribution in [2.75, 3.05) is 11.9 Å². The third-order valence-electron chi connectivity index (χ3n) is 5.95. The third-order valence-corrected chi connectivity index (χ3v) is 7.55. The number of hydrogen-bond donors (Lipinski definition) is 2. The minimum atomic E-state index is -3.57. The van der Waals surface area contributed by atoms with Gasteiger partial charge < -0.3 is 10.2 Å². The Morgan fingerprint density at radius 3 is 2.45 bits per heavy atom. The van der Waals surface area contributed by atoms with Gasteiger partial charge in [0.15, 0.2) is 0 Å². The first-order valence-corrected chi connectivity index (χ1v) is 12.0. The van der Waals surface area contributed by atoms with Gasteiger partial charge >= 0.3 is 0 Å². The van der Waals surface area contributed by atoms with Gasteiger partial charge in [0.2, 0.25) is 21.8 Å². The number of rotatable bonds is 7. The molecule has 1 heterocycles. The van der Waals surface area contributed by atoms with Crippen LogP contribution in [0, 0.1) is 5.92 Å². The van der Waals surface area contributed by atoms with E-state index in [2.05, 4.69) is 10.0 Å². The topological polar surface area (TPSA) is 95.6 Å². The van der Waals surface area contributed by atoms with E-state index in [9.17, 15) is 18.0 Å². The van der Waals surface area contributed by atoms with Crippen LogP contribution in [0.3, 0.4) is 0 Å². The molecule has 29 heavy (non-hydrogen) atoms. The number of benzene rings is 1. The molecule has 0 bridgehead atoms. The summed E-state index contributed by atoms with van der Waals surface area (Å²) in [6.45, 7) is 4.20. The second-order valence-electron chi connectivity index (χ2n) is 8.18. The molecule has 2 unspecified atom stereocenters. The summed E-state index contributed by atoms with van der Waals surface area (Å²) in [4.78, 5) is 27.1. The standard InChI is InChI=1S/C21H31N3O4S/c1-3-15(2)23-29(27,28)19-11-9-17(10-12-19)22-21(26)16-13-20(25)24(14-16)18-7-5-4-6-8-18/h9-12,15-16,18,23H,3-8,13-14H2,1-2H3,(H,22,26). The largest absolute Gasteiger partial charge is 0.339 e. The lowest BCUT2D eigenvalue weighted by atomic mass is 9.94. The molecule has 1 saturated carbocycles. The van der Waals surface area contributed by atoms with E-state index in [0.717, 1.165) is 25.7 Å². The van der Waals surface area contributed by atoms with Crippen molar-refractivity contribution in [1.82, 2.24) is 9.62 Å². The lowest BCUT2D eigenvalue weighted by molar-refractivity contribution is -0.130. The van der Waals surface area contributed by atoms with Crippen molar-refractivity contribution < 1.29 is 18.0 Å². The van der Waals surface area contributed by atoms with Crippen LogP contribution in [-0.2, 0) is 19.6 Å². The number of nitrogens with zero attached hydrogens (tertiary/aromatic N) is 1. The number of carbonyl (C=O) groups excluding carboxylic acids is 2. The molecule has 2 aliphatic rings. The number of carbonyl (C=O) groups is 2. The predicted octanol–water partition coefficient (Wildman–Crippen LogP) is 2.88.